The first-order valence-electron chi connectivity index (χ1n) is 12.7. The van der Waals surface area contributed by atoms with Crippen molar-refractivity contribution in [2.75, 3.05) is 13.2 Å². The van der Waals surface area contributed by atoms with Crippen LogP contribution in [0.2, 0.25) is 0 Å². The molecule has 0 heterocycles. The molecule has 0 unspecified atom stereocenters. The molecule has 0 saturated heterocycles. The number of azo groups is 1. The summed E-state index contributed by atoms with van der Waals surface area (Å²) in [5, 5.41) is 17.5. The Labute approximate surface area is 195 Å². The molecule has 0 aromatic heterocycles. The van der Waals surface area contributed by atoms with Gasteiger partial charge in [-0.2, -0.15) is 10.2 Å². The Morgan fingerprint density at radius 3 is 1.59 bits per heavy atom. The van der Waals surface area contributed by atoms with E-state index in [-0.39, 0.29) is 6.61 Å². The average molecular weight is 439 g/mol. The standard InChI is InChI=1S/C28H42N2O2/c1-2-3-4-5-6-7-8-9-10-11-12-13-24-32-28-20-18-27(19-21-28)30-29-26-16-14-25(15-17-26)22-23-31/h14-21,31H,2-13,22-24H2,1H3. The second kappa shape index (κ2) is 17.4. The number of rotatable bonds is 18. The van der Waals surface area contributed by atoms with Crippen molar-refractivity contribution >= 4 is 11.4 Å². The van der Waals surface area contributed by atoms with E-state index in [1.807, 2.05) is 48.5 Å². The van der Waals surface area contributed by atoms with E-state index in [9.17, 15) is 0 Å². The molecule has 0 atom stereocenters. The van der Waals surface area contributed by atoms with Gasteiger partial charge in [0.05, 0.1) is 18.0 Å². The molecular weight excluding hydrogens is 396 g/mol. The summed E-state index contributed by atoms with van der Waals surface area (Å²) in [7, 11) is 0. The third-order valence-electron chi connectivity index (χ3n) is 5.72. The van der Waals surface area contributed by atoms with Crippen LogP contribution in [0.15, 0.2) is 58.8 Å². The molecule has 0 bridgehead atoms. The van der Waals surface area contributed by atoms with Gasteiger partial charge in [0.25, 0.3) is 0 Å². The zero-order valence-electron chi connectivity index (χ0n) is 20.0. The Hall–Kier alpha value is -2.20. The summed E-state index contributed by atoms with van der Waals surface area (Å²) in [6.07, 6.45) is 16.9. The van der Waals surface area contributed by atoms with Gasteiger partial charge in [-0.25, -0.2) is 0 Å². The highest BCUT2D eigenvalue weighted by Gasteiger charge is 1.98. The van der Waals surface area contributed by atoms with Gasteiger partial charge in [-0.15, -0.1) is 0 Å². The predicted octanol–water partition coefficient (Wildman–Crippen LogP) is 8.72. The second-order valence-corrected chi connectivity index (χ2v) is 8.57. The van der Waals surface area contributed by atoms with Gasteiger partial charge in [0.1, 0.15) is 5.75 Å². The first-order valence-corrected chi connectivity index (χ1v) is 12.7. The van der Waals surface area contributed by atoms with Crippen LogP contribution < -0.4 is 4.74 Å². The van der Waals surface area contributed by atoms with Gasteiger partial charge in [-0.1, -0.05) is 89.7 Å². The smallest absolute Gasteiger partial charge is 0.119 e. The first kappa shape index (κ1) is 26.1. The number of benzene rings is 2. The summed E-state index contributed by atoms with van der Waals surface area (Å²) in [6, 6.07) is 15.6. The molecule has 0 spiro atoms. The largest absolute Gasteiger partial charge is 0.494 e. The highest BCUT2D eigenvalue weighted by Crippen LogP contribution is 2.22. The van der Waals surface area contributed by atoms with E-state index >= 15 is 0 Å². The van der Waals surface area contributed by atoms with Crippen LogP contribution in [-0.4, -0.2) is 18.3 Å². The minimum atomic E-state index is 0.161. The van der Waals surface area contributed by atoms with Crippen LogP contribution in [-0.2, 0) is 6.42 Å². The summed E-state index contributed by atoms with van der Waals surface area (Å²) in [5.41, 5.74) is 2.71. The predicted molar refractivity (Wildman–Crippen MR) is 134 cm³/mol. The molecule has 2 rings (SSSR count). The minimum absolute atomic E-state index is 0.161. The van der Waals surface area contributed by atoms with Gasteiger partial charge in [0, 0.05) is 6.61 Å². The van der Waals surface area contributed by atoms with Crippen LogP contribution in [0.3, 0.4) is 0 Å². The number of aliphatic hydroxyl groups is 1. The summed E-state index contributed by atoms with van der Waals surface area (Å²) in [6.45, 7) is 3.21. The maximum Gasteiger partial charge on any atom is 0.119 e. The lowest BCUT2D eigenvalue weighted by molar-refractivity contribution is 0.299. The molecule has 0 saturated carbocycles. The van der Waals surface area contributed by atoms with E-state index in [2.05, 4.69) is 17.2 Å². The van der Waals surface area contributed by atoms with Crippen molar-refractivity contribution in [3.8, 4) is 5.75 Å². The lowest BCUT2D eigenvalue weighted by Gasteiger charge is -2.06. The zero-order valence-corrected chi connectivity index (χ0v) is 20.0. The summed E-state index contributed by atoms with van der Waals surface area (Å²) < 4.78 is 5.86. The van der Waals surface area contributed by atoms with Crippen LogP contribution in [0.1, 0.15) is 89.5 Å². The highest BCUT2D eigenvalue weighted by molar-refractivity contribution is 5.43. The maximum absolute atomic E-state index is 8.97. The lowest BCUT2D eigenvalue weighted by atomic mass is 10.1. The van der Waals surface area contributed by atoms with Crippen molar-refractivity contribution in [1.29, 1.82) is 0 Å². The molecule has 0 aliphatic carbocycles. The SMILES string of the molecule is CCCCCCCCCCCCCCOc1ccc(N=Nc2ccc(CCO)cc2)cc1. The van der Waals surface area contributed by atoms with E-state index in [0.29, 0.717) is 6.42 Å². The lowest BCUT2D eigenvalue weighted by Crippen LogP contribution is -1.96. The molecular formula is C28H42N2O2. The Kier molecular flexibility index (Phi) is 14.1. The van der Waals surface area contributed by atoms with Gasteiger partial charge < -0.3 is 9.84 Å². The Morgan fingerprint density at radius 1 is 0.625 bits per heavy atom. The van der Waals surface area contributed by atoms with E-state index < -0.39 is 0 Å². The summed E-state index contributed by atoms with van der Waals surface area (Å²) >= 11 is 0. The fourth-order valence-electron chi connectivity index (χ4n) is 3.72. The molecule has 0 amide bonds. The fraction of sp³-hybridized carbons (Fsp3) is 0.571. The molecule has 32 heavy (non-hydrogen) atoms. The van der Waals surface area contributed by atoms with Crippen molar-refractivity contribution < 1.29 is 9.84 Å². The first-order chi connectivity index (χ1) is 15.8. The molecule has 0 fully saturated rings. The average Bonchev–Trinajstić information content (AvgIpc) is 2.82. The molecule has 4 nitrogen and oxygen atoms in total. The Morgan fingerprint density at radius 2 is 1.09 bits per heavy atom. The second-order valence-electron chi connectivity index (χ2n) is 8.57. The monoisotopic (exact) mass is 438 g/mol. The molecule has 2 aromatic rings. The van der Waals surface area contributed by atoms with Crippen molar-refractivity contribution in [3.63, 3.8) is 0 Å². The topological polar surface area (TPSA) is 54.2 Å². The number of ether oxygens (including phenoxy) is 1. The number of unbranched alkanes of at least 4 members (excludes halogenated alkanes) is 11. The van der Waals surface area contributed by atoms with Gasteiger partial charge in [0.2, 0.25) is 0 Å². The van der Waals surface area contributed by atoms with Gasteiger partial charge >= 0.3 is 0 Å². The third-order valence-corrected chi connectivity index (χ3v) is 5.72. The molecule has 0 radical (unpaired) electrons. The molecule has 2 aromatic carbocycles. The quantitative estimate of drug-likeness (QED) is 0.187. The molecule has 1 N–H and O–H groups in total. The van der Waals surface area contributed by atoms with Crippen LogP contribution in [0, 0.1) is 0 Å². The van der Waals surface area contributed by atoms with E-state index in [4.69, 9.17) is 9.84 Å². The summed E-state index contributed by atoms with van der Waals surface area (Å²) in [5.74, 6) is 0.889. The zero-order chi connectivity index (χ0) is 22.7. The van der Waals surface area contributed by atoms with Crippen LogP contribution in [0.4, 0.5) is 11.4 Å². The maximum atomic E-state index is 8.97. The summed E-state index contributed by atoms with van der Waals surface area (Å²) in [4.78, 5) is 0. The van der Waals surface area contributed by atoms with E-state index in [1.54, 1.807) is 0 Å². The Bertz CT molecular complexity index is 726. The van der Waals surface area contributed by atoms with Crippen LogP contribution in [0.5, 0.6) is 5.75 Å². The number of aliphatic hydroxyl groups excluding tert-OH is 1. The number of hydrogen-bond acceptors (Lipinski definition) is 4. The van der Waals surface area contributed by atoms with Crippen LogP contribution >= 0.6 is 0 Å². The normalized spacial score (nSPS) is 11.3. The van der Waals surface area contributed by atoms with Crippen molar-refractivity contribution in [3.05, 3.63) is 54.1 Å². The number of hydrogen-bond donors (Lipinski definition) is 1. The van der Waals surface area contributed by atoms with Crippen molar-refractivity contribution in [2.45, 2.75) is 90.4 Å². The highest BCUT2D eigenvalue weighted by atomic mass is 16.5. The number of nitrogens with zero attached hydrogens (tertiary/aromatic N) is 2. The third kappa shape index (κ3) is 12.0. The molecule has 0 aliphatic rings. The Balaban J connectivity index is 1.51. The van der Waals surface area contributed by atoms with Gasteiger partial charge in [-0.3, -0.25) is 0 Å². The van der Waals surface area contributed by atoms with Crippen LogP contribution in [0.25, 0.3) is 0 Å². The van der Waals surface area contributed by atoms with Gasteiger partial charge in [0.15, 0.2) is 0 Å². The van der Waals surface area contributed by atoms with E-state index in [0.717, 1.165) is 35.7 Å². The molecule has 0 aliphatic heterocycles. The molecule has 4 heteroatoms. The van der Waals surface area contributed by atoms with Crippen molar-refractivity contribution in [1.82, 2.24) is 0 Å². The van der Waals surface area contributed by atoms with Crippen molar-refractivity contribution in [2.24, 2.45) is 10.2 Å². The molecule has 176 valence electrons. The minimum Gasteiger partial charge on any atom is -0.494 e. The van der Waals surface area contributed by atoms with Gasteiger partial charge in [-0.05, 0) is 54.8 Å². The fourth-order valence-corrected chi connectivity index (χ4v) is 3.72. The van der Waals surface area contributed by atoms with E-state index in [1.165, 1.54) is 70.6 Å².